The van der Waals surface area contributed by atoms with E-state index in [0.717, 1.165) is 57.6 Å². The predicted octanol–water partition coefficient (Wildman–Crippen LogP) is 1.24. The number of amides is 1. The van der Waals surface area contributed by atoms with E-state index < -0.39 is 0 Å². The molecule has 1 aliphatic carbocycles. The molecule has 1 aromatic rings. The summed E-state index contributed by atoms with van der Waals surface area (Å²) in [7, 11) is 0. The molecule has 2 aliphatic rings. The molecule has 3 rings (SSSR count). The van der Waals surface area contributed by atoms with Crippen LogP contribution in [-0.4, -0.2) is 39.7 Å². The van der Waals surface area contributed by atoms with Gasteiger partial charge in [-0.1, -0.05) is 6.92 Å². The Morgan fingerprint density at radius 1 is 1.43 bits per heavy atom. The van der Waals surface area contributed by atoms with Gasteiger partial charge in [0.15, 0.2) is 0 Å². The van der Waals surface area contributed by atoms with E-state index in [4.69, 9.17) is 5.73 Å². The molecule has 1 aliphatic heterocycles. The zero-order valence-electron chi connectivity index (χ0n) is 14.1. The number of aryl methyl sites for hydroxylation is 1. The molecule has 1 fully saturated rings. The molecule has 1 saturated carbocycles. The first-order valence-corrected chi connectivity index (χ1v) is 8.97. The third kappa shape index (κ3) is 4.12. The molecular weight excluding hydrogens is 290 g/mol. The van der Waals surface area contributed by atoms with Crippen molar-refractivity contribution in [3.63, 3.8) is 0 Å². The van der Waals surface area contributed by atoms with Crippen LogP contribution in [0.25, 0.3) is 0 Å². The minimum Gasteiger partial charge on any atom is -0.350 e. The standard InChI is InChI=1S/C17H29N5O/c1-2-6-21-7-3-8-22-16(12-21)10-15(20-22)11-19-17(23)13-4-5-14(18)9-13/h10,13-14H,2-9,11-12,18H2,1H3,(H,19,23)/t13-,14+/m0/s1. The maximum atomic E-state index is 12.2. The Morgan fingerprint density at radius 3 is 3.04 bits per heavy atom. The van der Waals surface area contributed by atoms with Gasteiger partial charge in [0.25, 0.3) is 0 Å². The van der Waals surface area contributed by atoms with E-state index >= 15 is 0 Å². The third-order valence-corrected chi connectivity index (χ3v) is 4.97. The molecule has 0 unspecified atom stereocenters. The van der Waals surface area contributed by atoms with Crippen LogP contribution in [0.1, 0.15) is 50.4 Å². The Bertz CT molecular complexity index is 541. The predicted molar refractivity (Wildman–Crippen MR) is 89.6 cm³/mol. The average molecular weight is 319 g/mol. The van der Waals surface area contributed by atoms with Gasteiger partial charge in [-0.15, -0.1) is 0 Å². The zero-order valence-corrected chi connectivity index (χ0v) is 14.1. The highest BCUT2D eigenvalue weighted by Gasteiger charge is 2.27. The highest BCUT2D eigenvalue weighted by molar-refractivity contribution is 5.78. The fourth-order valence-electron chi connectivity index (χ4n) is 3.76. The largest absolute Gasteiger partial charge is 0.350 e. The van der Waals surface area contributed by atoms with Crippen LogP contribution in [0, 0.1) is 5.92 Å². The van der Waals surface area contributed by atoms with Gasteiger partial charge in [0.2, 0.25) is 5.91 Å². The Hall–Kier alpha value is -1.40. The first-order valence-electron chi connectivity index (χ1n) is 8.97. The first kappa shape index (κ1) is 16.5. The highest BCUT2D eigenvalue weighted by Crippen LogP contribution is 2.24. The summed E-state index contributed by atoms with van der Waals surface area (Å²) < 4.78 is 2.11. The lowest BCUT2D eigenvalue weighted by atomic mass is 10.1. The molecule has 3 N–H and O–H groups in total. The highest BCUT2D eigenvalue weighted by atomic mass is 16.1. The maximum Gasteiger partial charge on any atom is 0.223 e. The topological polar surface area (TPSA) is 76.2 Å². The molecule has 0 saturated heterocycles. The number of nitrogens with zero attached hydrogens (tertiary/aromatic N) is 3. The van der Waals surface area contributed by atoms with Crippen LogP contribution in [0.3, 0.4) is 0 Å². The van der Waals surface area contributed by atoms with Gasteiger partial charge in [-0.25, -0.2) is 0 Å². The number of fused-ring (bicyclic) bond motifs is 1. The van der Waals surface area contributed by atoms with Crippen LogP contribution >= 0.6 is 0 Å². The van der Waals surface area contributed by atoms with E-state index in [1.54, 1.807) is 0 Å². The van der Waals surface area contributed by atoms with Crippen molar-refractivity contribution in [3.8, 4) is 0 Å². The van der Waals surface area contributed by atoms with E-state index in [-0.39, 0.29) is 17.9 Å². The van der Waals surface area contributed by atoms with Crippen LogP contribution in [0.5, 0.6) is 0 Å². The van der Waals surface area contributed by atoms with Crippen LogP contribution in [0.2, 0.25) is 0 Å². The summed E-state index contributed by atoms with van der Waals surface area (Å²) in [5, 5.41) is 7.71. The summed E-state index contributed by atoms with van der Waals surface area (Å²) in [5.74, 6) is 0.222. The lowest BCUT2D eigenvalue weighted by molar-refractivity contribution is -0.125. The molecule has 6 heteroatoms. The lowest BCUT2D eigenvalue weighted by Gasteiger charge is -2.17. The summed E-state index contributed by atoms with van der Waals surface area (Å²) in [4.78, 5) is 14.7. The van der Waals surface area contributed by atoms with Gasteiger partial charge < -0.3 is 11.1 Å². The molecular formula is C17H29N5O. The van der Waals surface area contributed by atoms with Crippen molar-refractivity contribution in [1.29, 1.82) is 0 Å². The third-order valence-electron chi connectivity index (χ3n) is 4.97. The van der Waals surface area contributed by atoms with Crippen molar-refractivity contribution in [2.45, 2.75) is 64.7 Å². The van der Waals surface area contributed by atoms with Gasteiger partial charge in [0.05, 0.1) is 17.9 Å². The Labute approximate surface area is 138 Å². The van der Waals surface area contributed by atoms with Crippen LogP contribution < -0.4 is 11.1 Å². The zero-order chi connectivity index (χ0) is 16.2. The van der Waals surface area contributed by atoms with Gasteiger partial charge in [0.1, 0.15) is 0 Å². The molecule has 128 valence electrons. The van der Waals surface area contributed by atoms with E-state index in [9.17, 15) is 4.79 Å². The van der Waals surface area contributed by atoms with Gasteiger partial charge in [0, 0.05) is 31.6 Å². The fourth-order valence-corrected chi connectivity index (χ4v) is 3.76. The monoisotopic (exact) mass is 319 g/mol. The van der Waals surface area contributed by atoms with E-state index in [1.165, 1.54) is 12.1 Å². The van der Waals surface area contributed by atoms with Crippen molar-refractivity contribution in [1.82, 2.24) is 20.0 Å². The molecule has 6 nitrogen and oxygen atoms in total. The Kier molecular flexibility index (Phi) is 5.33. The summed E-state index contributed by atoms with van der Waals surface area (Å²) in [6.07, 6.45) is 5.02. The first-order chi connectivity index (χ1) is 11.2. The van der Waals surface area contributed by atoms with Crippen molar-refractivity contribution in [2.24, 2.45) is 11.7 Å². The molecule has 23 heavy (non-hydrogen) atoms. The van der Waals surface area contributed by atoms with Gasteiger partial charge in [-0.3, -0.25) is 14.4 Å². The molecule has 2 atom stereocenters. The normalized spacial score (nSPS) is 25.1. The number of nitrogens with two attached hydrogens (primary N) is 1. The summed E-state index contributed by atoms with van der Waals surface area (Å²) in [5.41, 5.74) is 8.12. The number of hydrogen-bond acceptors (Lipinski definition) is 4. The number of carbonyl (C=O) groups excluding carboxylic acids is 1. The number of carbonyl (C=O) groups is 1. The van der Waals surface area contributed by atoms with Gasteiger partial charge >= 0.3 is 0 Å². The maximum absolute atomic E-state index is 12.2. The minimum absolute atomic E-state index is 0.0884. The molecule has 1 aromatic heterocycles. The lowest BCUT2D eigenvalue weighted by Crippen LogP contribution is -2.30. The molecule has 1 amide bonds. The van der Waals surface area contributed by atoms with E-state index in [1.807, 2.05) is 0 Å². The second-order valence-electron chi connectivity index (χ2n) is 6.97. The smallest absolute Gasteiger partial charge is 0.223 e. The SMILES string of the molecule is CCCN1CCCn2nc(CNC(=O)[C@H]3CC[C@@H](N)C3)cc2C1. The number of aromatic nitrogens is 2. The average Bonchev–Trinajstić information content (AvgIpc) is 3.07. The molecule has 0 spiro atoms. The molecule has 0 radical (unpaired) electrons. The fraction of sp³-hybridized carbons (Fsp3) is 0.765. The van der Waals surface area contributed by atoms with Crippen molar-refractivity contribution in [2.75, 3.05) is 13.1 Å². The Morgan fingerprint density at radius 2 is 2.30 bits per heavy atom. The molecule has 2 heterocycles. The quantitative estimate of drug-likeness (QED) is 0.856. The van der Waals surface area contributed by atoms with Crippen molar-refractivity contribution < 1.29 is 4.79 Å². The van der Waals surface area contributed by atoms with Crippen molar-refractivity contribution in [3.05, 3.63) is 17.5 Å². The second-order valence-corrected chi connectivity index (χ2v) is 6.97. The van der Waals surface area contributed by atoms with Gasteiger partial charge in [-0.2, -0.15) is 5.10 Å². The van der Waals surface area contributed by atoms with Crippen LogP contribution in [0.15, 0.2) is 6.07 Å². The van der Waals surface area contributed by atoms with Crippen LogP contribution in [-0.2, 0) is 24.4 Å². The Balaban J connectivity index is 1.55. The molecule has 0 aromatic carbocycles. The second kappa shape index (κ2) is 7.45. The van der Waals surface area contributed by atoms with E-state index in [0.29, 0.717) is 6.54 Å². The van der Waals surface area contributed by atoms with Crippen molar-refractivity contribution >= 4 is 5.91 Å². The molecule has 0 bridgehead atoms. The minimum atomic E-state index is 0.0884. The van der Waals surface area contributed by atoms with Crippen LogP contribution in [0.4, 0.5) is 0 Å². The van der Waals surface area contributed by atoms with E-state index in [2.05, 4.69) is 33.0 Å². The summed E-state index contributed by atoms with van der Waals surface area (Å²) in [6, 6.07) is 2.34. The summed E-state index contributed by atoms with van der Waals surface area (Å²) >= 11 is 0. The number of nitrogens with one attached hydrogen (secondary N) is 1. The van der Waals surface area contributed by atoms with Gasteiger partial charge in [-0.05, 0) is 44.7 Å². The number of hydrogen-bond donors (Lipinski definition) is 2. The summed E-state index contributed by atoms with van der Waals surface area (Å²) in [6.45, 7) is 6.97. The number of rotatable bonds is 5.